The van der Waals surface area contributed by atoms with Gasteiger partial charge in [0.05, 0.1) is 6.54 Å². The van der Waals surface area contributed by atoms with Crippen molar-refractivity contribution in [2.45, 2.75) is 39.8 Å². The molecule has 1 aromatic rings. The Bertz CT molecular complexity index is 452. The van der Waals surface area contributed by atoms with E-state index in [9.17, 15) is 0 Å². The maximum absolute atomic E-state index is 4.64. The fraction of sp³-hybridized carbons (Fsp3) is 0.600. The second-order valence-electron chi connectivity index (χ2n) is 5.95. The van der Waals surface area contributed by atoms with Crippen molar-refractivity contribution in [2.24, 2.45) is 4.99 Å². The average Bonchev–Trinajstić information content (AvgIpc) is 2.34. The van der Waals surface area contributed by atoms with Crippen molar-refractivity contribution in [3.8, 4) is 0 Å². The standard InChI is InChI=1S/C15H27N5.HI/c1-7-16-14(19-15(2,3)4)18-11-12-9-8-10-17-13(12)20(5)6;/h8-10H,7,11H2,1-6H3,(H2,16,18,19);1H. The molecule has 1 rings (SSSR count). The zero-order valence-corrected chi connectivity index (χ0v) is 16.2. The molecule has 5 nitrogen and oxygen atoms in total. The molecule has 0 fully saturated rings. The maximum atomic E-state index is 4.64. The lowest BCUT2D eigenvalue weighted by atomic mass is 10.1. The molecule has 0 aliphatic carbocycles. The van der Waals surface area contributed by atoms with E-state index >= 15 is 0 Å². The molecular weight excluding hydrogens is 377 g/mol. The van der Waals surface area contributed by atoms with Crippen molar-refractivity contribution >= 4 is 35.8 Å². The van der Waals surface area contributed by atoms with Crippen LogP contribution in [0.1, 0.15) is 33.3 Å². The highest BCUT2D eigenvalue weighted by molar-refractivity contribution is 14.0. The Morgan fingerprint density at radius 1 is 1.33 bits per heavy atom. The van der Waals surface area contributed by atoms with E-state index < -0.39 is 0 Å². The van der Waals surface area contributed by atoms with Crippen molar-refractivity contribution in [3.63, 3.8) is 0 Å². The molecule has 0 saturated carbocycles. The molecule has 0 aliphatic heterocycles. The molecule has 1 aromatic heterocycles. The quantitative estimate of drug-likeness (QED) is 0.460. The molecule has 0 radical (unpaired) electrons. The molecule has 0 atom stereocenters. The predicted octanol–water partition coefficient (Wildman–Crippen LogP) is 2.62. The van der Waals surface area contributed by atoms with E-state index in [1.807, 2.05) is 25.1 Å². The molecular formula is C15H28IN5. The fourth-order valence-electron chi connectivity index (χ4n) is 1.78. The number of nitrogens with zero attached hydrogens (tertiary/aromatic N) is 3. The third-order valence-corrected chi connectivity index (χ3v) is 2.54. The summed E-state index contributed by atoms with van der Waals surface area (Å²) in [5.41, 5.74) is 1.10. The van der Waals surface area contributed by atoms with Gasteiger partial charge in [0.15, 0.2) is 5.96 Å². The monoisotopic (exact) mass is 405 g/mol. The van der Waals surface area contributed by atoms with Gasteiger partial charge >= 0.3 is 0 Å². The Morgan fingerprint density at radius 3 is 2.52 bits per heavy atom. The molecule has 0 saturated heterocycles. The van der Waals surface area contributed by atoms with Crippen LogP contribution in [0.25, 0.3) is 0 Å². The molecule has 6 heteroatoms. The highest BCUT2D eigenvalue weighted by atomic mass is 127. The molecule has 0 amide bonds. The second-order valence-corrected chi connectivity index (χ2v) is 5.95. The minimum atomic E-state index is -0.0136. The lowest BCUT2D eigenvalue weighted by Crippen LogP contribution is -2.47. The van der Waals surface area contributed by atoms with Crippen LogP contribution in [-0.4, -0.2) is 37.1 Å². The van der Waals surface area contributed by atoms with Gasteiger partial charge in [-0.3, -0.25) is 0 Å². The first-order valence-corrected chi connectivity index (χ1v) is 7.01. The number of aliphatic imine (C=N–C) groups is 1. The van der Waals surface area contributed by atoms with Gasteiger partial charge in [0.1, 0.15) is 5.82 Å². The zero-order chi connectivity index (χ0) is 15.2. The summed E-state index contributed by atoms with van der Waals surface area (Å²) in [6, 6.07) is 4.01. The molecule has 0 aliphatic rings. The number of hydrogen-bond acceptors (Lipinski definition) is 3. The largest absolute Gasteiger partial charge is 0.362 e. The summed E-state index contributed by atoms with van der Waals surface area (Å²) in [7, 11) is 3.99. The van der Waals surface area contributed by atoms with Gasteiger partial charge in [-0.2, -0.15) is 0 Å². The van der Waals surface area contributed by atoms with E-state index in [0.29, 0.717) is 6.54 Å². The number of nitrogens with one attached hydrogen (secondary N) is 2. The first-order chi connectivity index (χ1) is 9.33. The Balaban J connectivity index is 0.00000400. The zero-order valence-electron chi connectivity index (χ0n) is 13.9. The fourth-order valence-corrected chi connectivity index (χ4v) is 1.78. The summed E-state index contributed by atoms with van der Waals surface area (Å²) >= 11 is 0. The summed E-state index contributed by atoms with van der Waals surface area (Å²) < 4.78 is 0. The molecule has 2 N–H and O–H groups in total. The van der Waals surface area contributed by atoms with Crippen LogP contribution in [0.2, 0.25) is 0 Å². The van der Waals surface area contributed by atoms with E-state index in [1.165, 1.54) is 0 Å². The van der Waals surface area contributed by atoms with E-state index in [0.717, 1.165) is 23.9 Å². The van der Waals surface area contributed by atoms with E-state index in [2.05, 4.69) is 54.4 Å². The van der Waals surface area contributed by atoms with Crippen LogP contribution >= 0.6 is 24.0 Å². The SMILES string of the molecule is CCNC(=NCc1cccnc1N(C)C)NC(C)(C)C.I. The summed E-state index contributed by atoms with van der Waals surface area (Å²) in [5, 5.41) is 6.64. The minimum Gasteiger partial charge on any atom is -0.362 e. The summed E-state index contributed by atoms with van der Waals surface area (Å²) in [6.07, 6.45) is 1.81. The second kappa shape index (κ2) is 9.07. The molecule has 0 unspecified atom stereocenters. The van der Waals surface area contributed by atoms with Gasteiger partial charge < -0.3 is 15.5 Å². The van der Waals surface area contributed by atoms with Crippen molar-refractivity contribution in [2.75, 3.05) is 25.5 Å². The lowest BCUT2D eigenvalue weighted by Gasteiger charge is -2.24. The highest BCUT2D eigenvalue weighted by Gasteiger charge is 2.12. The van der Waals surface area contributed by atoms with Crippen molar-refractivity contribution in [3.05, 3.63) is 23.9 Å². The van der Waals surface area contributed by atoms with Crippen molar-refractivity contribution in [1.29, 1.82) is 0 Å². The Hall–Kier alpha value is -1.05. The normalized spacial score (nSPS) is 11.6. The van der Waals surface area contributed by atoms with Gasteiger partial charge in [-0.15, -0.1) is 24.0 Å². The van der Waals surface area contributed by atoms with Gasteiger partial charge in [0, 0.05) is 37.9 Å². The average molecular weight is 405 g/mol. The van der Waals surface area contributed by atoms with Crippen LogP contribution in [-0.2, 0) is 6.54 Å². The Labute approximate surface area is 145 Å². The summed E-state index contributed by atoms with van der Waals surface area (Å²) in [5.74, 6) is 1.79. The van der Waals surface area contributed by atoms with Gasteiger partial charge in [-0.25, -0.2) is 9.98 Å². The molecule has 0 spiro atoms. The van der Waals surface area contributed by atoms with Crippen LogP contribution in [0, 0.1) is 0 Å². The third-order valence-electron chi connectivity index (χ3n) is 2.54. The van der Waals surface area contributed by atoms with E-state index in [4.69, 9.17) is 0 Å². The highest BCUT2D eigenvalue weighted by Crippen LogP contribution is 2.15. The Kier molecular flexibility index (Phi) is 8.61. The number of pyridine rings is 1. The smallest absolute Gasteiger partial charge is 0.191 e. The molecule has 21 heavy (non-hydrogen) atoms. The Morgan fingerprint density at radius 2 is 2.00 bits per heavy atom. The first-order valence-electron chi connectivity index (χ1n) is 7.01. The lowest BCUT2D eigenvalue weighted by molar-refractivity contribution is 0.501. The van der Waals surface area contributed by atoms with Crippen LogP contribution in [0.3, 0.4) is 0 Å². The van der Waals surface area contributed by atoms with Crippen LogP contribution < -0.4 is 15.5 Å². The minimum absolute atomic E-state index is 0. The predicted molar refractivity (Wildman–Crippen MR) is 102 cm³/mol. The van der Waals surface area contributed by atoms with Crippen LogP contribution in [0.5, 0.6) is 0 Å². The first kappa shape index (κ1) is 19.9. The third kappa shape index (κ3) is 7.50. The molecule has 120 valence electrons. The number of guanidine groups is 1. The van der Waals surface area contributed by atoms with Gasteiger partial charge in [0.25, 0.3) is 0 Å². The molecule has 0 aromatic carbocycles. The van der Waals surface area contributed by atoms with Gasteiger partial charge in [0.2, 0.25) is 0 Å². The van der Waals surface area contributed by atoms with E-state index in [1.54, 1.807) is 6.20 Å². The van der Waals surface area contributed by atoms with Gasteiger partial charge in [-0.05, 0) is 33.8 Å². The maximum Gasteiger partial charge on any atom is 0.191 e. The van der Waals surface area contributed by atoms with Crippen LogP contribution in [0.15, 0.2) is 23.3 Å². The van der Waals surface area contributed by atoms with Gasteiger partial charge in [-0.1, -0.05) is 6.07 Å². The number of anilines is 1. The van der Waals surface area contributed by atoms with Crippen molar-refractivity contribution in [1.82, 2.24) is 15.6 Å². The number of hydrogen-bond donors (Lipinski definition) is 2. The molecule has 1 heterocycles. The topological polar surface area (TPSA) is 52.6 Å². The number of aromatic nitrogens is 1. The summed E-state index contributed by atoms with van der Waals surface area (Å²) in [6.45, 7) is 9.87. The number of rotatable bonds is 4. The van der Waals surface area contributed by atoms with E-state index in [-0.39, 0.29) is 29.5 Å². The molecule has 0 bridgehead atoms. The summed E-state index contributed by atoms with van der Waals surface area (Å²) in [4.78, 5) is 11.0. The van der Waals surface area contributed by atoms with Crippen molar-refractivity contribution < 1.29 is 0 Å². The van der Waals surface area contributed by atoms with Crippen LogP contribution in [0.4, 0.5) is 5.82 Å². The number of halogens is 1.